The van der Waals surface area contributed by atoms with Gasteiger partial charge in [-0.25, -0.2) is 4.98 Å². The number of aromatic nitrogens is 1. The Labute approximate surface area is 163 Å². The molecule has 1 N–H and O–H groups in total. The second kappa shape index (κ2) is 8.04. The van der Waals surface area contributed by atoms with E-state index < -0.39 is 0 Å². The van der Waals surface area contributed by atoms with E-state index in [4.69, 9.17) is 9.15 Å². The molecule has 2 aromatic heterocycles. The molecule has 1 aliphatic heterocycles. The van der Waals surface area contributed by atoms with Crippen LogP contribution in [0.15, 0.2) is 65.4 Å². The Morgan fingerprint density at radius 1 is 1.04 bits per heavy atom. The lowest BCUT2D eigenvalue weighted by Gasteiger charge is -2.37. The molecule has 1 aromatic carbocycles. The van der Waals surface area contributed by atoms with Gasteiger partial charge in [0.25, 0.3) is 5.91 Å². The normalized spacial score (nSPS) is 14.0. The summed E-state index contributed by atoms with van der Waals surface area (Å²) < 4.78 is 10.6. The van der Waals surface area contributed by atoms with Crippen LogP contribution in [-0.4, -0.2) is 44.2 Å². The molecule has 144 valence electrons. The summed E-state index contributed by atoms with van der Waals surface area (Å²) in [4.78, 5) is 21.0. The Bertz CT molecular complexity index is 917. The molecule has 0 aliphatic carbocycles. The molecule has 7 nitrogen and oxygen atoms in total. The largest absolute Gasteiger partial charge is 0.495 e. The molecule has 0 radical (unpaired) electrons. The van der Waals surface area contributed by atoms with Crippen LogP contribution < -0.4 is 19.9 Å². The van der Waals surface area contributed by atoms with E-state index in [0.29, 0.717) is 5.82 Å². The Morgan fingerprint density at radius 3 is 2.50 bits per heavy atom. The number of nitrogens with one attached hydrogen (secondary N) is 1. The molecule has 0 bridgehead atoms. The van der Waals surface area contributed by atoms with Gasteiger partial charge in [0.2, 0.25) is 0 Å². The van der Waals surface area contributed by atoms with E-state index in [1.54, 1.807) is 25.4 Å². The first kappa shape index (κ1) is 17.9. The minimum atomic E-state index is -0.310. The van der Waals surface area contributed by atoms with Gasteiger partial charge < -0.3 is 24.3 Å². The zero-order valence-electron chi connectivity index (χ0n) is 15.7. The highest BCUT2D eigenvalue weighted by atomic mass is 16.5. The summed E-state index contributed by atoms with van der Waals surface area (Å²) in [5.74, 6) is 1.35. The molecule has 7 heteroatoms. The summed E-state index contributed by atoms with van der Waals surface area (Å²) in [6.07, 6.45) is 3.26. The summed E-state index contributed by atoms with van der Waals surface area (Å²) in [5, 5.41) is 2.73. The number of nitrogens with zero attached hydrogens (tertiary/aromatic N) is 3. The number of piperazine rings is 1. The summed E-state index contributed by atoms with van der Waals surface area (Å²) in [7, 11) is 1.70. The summed E-state index contributed by atoms with van der Waals surface area (Å²) >= 11 is 0. The summed E-state index contributed by atoms with van der Waals surface area (Å²) in [6, 6.07) is 15.2. The van der Waals surface area contributed by atoms with Crippen LogP contribution in [-0.2, 0) is 0 Å². The highest BCUT2D eigenvalue weighted by molar-refractivity contribution is 6.01. The molecule has 28 heavy (non-hydrogen) atoms. The molecule has 4 rings (SSSR count). The monoisotopic (exact) mass is 378 g/mol. The fourth-order valence-electron chi connectivity index (χ4n) is 3.33. The number of hydrogen-bond acceptors (Lipinski definition) is 6. The number of anilines is 3. The van der Waals surface area contributed by atoms with Gasteiger partial charge in [-0.15, -0.1) is 0 Å². The molecule has 1 aliphatic rings. The maximum Gasteiger partial charge on any atom is 0.292 e. The SMILES string of the molecule is COc1ccccc1N1CCN(c2ccc(NC(=O)c3ccco3)nc2)CC1. The average Bonchev–Trinajstić information content (AvgIpc) is 3.30. The van der Waals surface area contributed by atoms with Crippen molar-refractivity contribution in [2.24, 2.45) is 0 Å². The van der Waals surface area contributed by atoms with E-state index in [1.165, 1.54) is 6.26 Å². The number of carbonyl (C=O) groups is 1. The lowest BCUT2D eigenvalue weighted by atomic mass is 10.2. The quantitative estimate of drug-likeness (QED) is 0.735. The first-order valence-corrected chi connectivity index (χ1v) is 9.18. The average molecular weight is 378 g/mol. The number of hydrogen-bond donors (Lipinski definition) is 1. The Balaban J connectivity index is 1.36. The van der Waals surface area contributed by atoms with Crippen molar-refractivity contribution in [2.75, 3.05) is 48.4 Å². The predicted molar refractivity (Wildman–Crippen MR) is 108 cm³/mol. The van der Waals surface area contributed by atoms with Gasteiger partial charge in [-0.1, -0.05) is 12.1 Å². The Kier molecular flexibility index (Phi) is 5.14. The number of amides is 1. The molecule has 0 atom stereocenters. The number of rotatable bonds is 5. The van der Waals surface area contributed by atoms with Gasteiger partial charge >= 0.3 is 0 Å². The van der Waals surface area contributed by atoms with Gasteiger partial charge in [0.15, 0.2) is 5.76 Å². The van der Waals surface area contributed by atoms with Crippen molar-refractivity contribution in [1.82, 2.24) is 4.98 Å². The number of benzene rings is 1. The van der Waals surface area contributed by atoms with Crippen LogP contribution in [0.1, 0.15) is 10.6 Å². The van der Waals surface area contributed by atoms with Crippen molar-refractivity contribution in [3.05, 3.63) is 66.8 Å². The van der Waals surface area contributed by atoms with Gasteiger partial charge in [0, 0.05) is 26.2 Å². The highest BCUT2D eigenvalue weighted by Crippen LogP contribution is 2.29. The Morgan fingerprint density at radius 2 is 1.82 bits per heavy atom. The molecular weight excluding hydrogens is 356 g/mol. The van der Waals surface area contributed by atoms with E-state index in [1.807, 2.05) is 30.3 Å². The van der Waals surface area contributed by atoms with Crippen molar-refractivity contribution in [2.45, 2.75) is 0 Å². The smallest absolute Gasteiger partial charge is 0.292 e. The number of furan rings is 1. The van der Waals surface area contributed by atoms with Gasteiger partial charge in [0.1, 0.15) is 11.6 Å². The van der Waals surface area contributed by atoms with E-state index in [2.05, 4.69) is 26.2 Å². The van der Waals surface area contributed by atoms with Crippen LogP contribution in [0.4, 0.5) is 17.2 Å². The van der Waals surface area contributed by atoms with Crippen LogP contribution >= 0.6 is 0 Å². The minimum absolute atomic E-state index is 0.262. The van der Waals surface area contributed by atoms with Crippen molar-refractivity contribution >= 4 is 23.1 Å². The third-order valence-corrected chi connectivity index (χ3v) is 4.81. The summed E-state index contributed by atoms with van der Waals surface area (Å²) in [6.45, 7) is 3.57. The molecule has 1 saturated heterocycles. The van der Waals surface area contributed by atoms with Crippen LogP contribution in [0.5, 0.6) is 5.75 Å². The molecule has 1 fully saturated rings. The van der Waals surface area contributed by atoms with Gasteiger partial charge in [-0.2, -0.15) is 0 Å². The van der Waals surface area contributed by atoms with Crippen LogP contribution in [0.25, 0.3) is 0 Å². The molecule has 0 spiro atoms. The fourth-order valence-corrected chi connectivity index (χ4v) is 3.33. The predicted octanol–water partition coefficient (Wildman–Crippen LogP) is 3.26. The molecule has 3 aromatic rings. The van der Waals surface area contributed by atoms with Crippen LogP contribution in [0.3, 0.4) is 0 Å². The number of para-hydroxylation sites is 2. The zero-order valence-corrected chi connectivity index (χ0v) is 15.7. The van der Waals surface area contributed by atoms with Crippen molar-refractivity contribution < 1.29 is 13.9 Å². The maximum absolute atomic E-state index is 12.0. The first-order valence-electron chi connectivity index (χ1n) is 9.18. The van der Waals surface area contributed by atoms with Gasteiger partial charge in [-0.3, -0.25) is 4.79 Å². The minimum Gasteiger partial charge on any atom is -0.495 e. The second-order valence-electron chi connectivity index (χ2n) is 6.48. The number of methoxy groups -OCH3 is 1. The highest BCUT2D eigenvalue weighted by Gasteiger charge is 2.20. The lowest BCUT2D eigenvalue weighted by Crippen LogP contribution is -2.46. The summed E-state index contributed by atoms with van der Waals surface area (Å²) in [5.41, 5.74) is 2.16. The van der Waals surface area contributed by atoms with E-state index in [-0.39, 0.29) is 11.7 Å². The first-order chi connectivity index (χ1) is 13.7. The second-order valence-corrected chi connectivity index (χ2v) is 6.48. The van der Waals surface area contributed by atoms with Crippen molar-refractivity contribution in [1.29, 1.82) is 0 Å². The van der Waals surface area contributed by atoms with Gasteiger partial charge in [0.05, 0.1) is 30.9 Å². The zero-order chi connectivity index (χ0) is 19.3. The lowest BCUT2D eigenvalue weighted by molar-refractivity contribution is 0.0996. The molecule has 3 heterocycles. The molecule has 1 amide bonds. The number of ether oxygens (including phenoxy) is 1. The molecular formula is C21H22N4O3. The Hall–Kier alpha value is -3.48. The van der Waals surface area contributed by atoms with Crippen LogP contribution in [0.2, 0.25) is 0 Å². The third-order valence-electron chi connectivity index (χ3n) is 4.81. The molecule has 0 unspecified atom stereocenters. The molecule has 0 saturated carbocycles. The van der Waals surface area contributed by atoms with E-state index in [9.17, 15) is 4.79 Å². The standard InChI is InChI=1S/C21H22N4O3/c1-27-18-6-3-2-5-17(18)25-12-10-24(11-13-25)16-8-9-20(22-15-16)23-21(26)19-7-4-14-28-19/h2-9,14-15H,10-13H2,1H3,(H,22,23,26). The number of pyridine rings is 1. The fraction of sp³-hybridized carbons (Fsp3) is 0.238. The van der Waals surface area contributed by atoms with E-state index >= 15 is 0 Å². The maximum atomic E-state index is 12.0. The third kappa shape index (κ3) is 3.78. The van der Waals surface area contributed by atoms with Crippen molar-refractivity contribution in [3.8, 4) is 5.75 Å². The van der Waals surface area contributed by atoms with E-state index in [0.717, 1.165) is 43.3 Å². The van der Waals surface area contributed by atoms with Crippen LogP contribution in [0, 0.1) is 0 Å². The number of carbonyl (C=O) groups excluding carboxylic acids is 1. The van der Waals surface area contributed by atoms with Gasteiger partial charge in [-0.05, 0) is 36.4 Å². The van der Waals surface area contributed by atoms with Crippen molar-refractivity contribution in [3.63, 3.8) is 0 Å². The topological polar surface area (TPSA) is 70.8 Å².